The van der Waals surface area contributed by atoms with Crippen molar-refractivity contribution in [2.75, 3.05) is 37.9 Å². The minimum Gasteiger partial charge on any atom is -0.385 e. The van der Waals surface area contributed by atoms with Gasteiger partial charge in [0.15, 0.2) is 0 Å². The van der Waals surface area contributed by atoms with Crippen LogP contribution in [-0.4, -0.2) is 37.3 Å². The van der Waals surface area contributed by atoms with E-state index in [-0.39, 0.29) is 0 Å². The first-order chi connectivity index (χ1) is 8.26. The molecule has 1 rings (SSSR count). The summed E-state index contributed by atoms with van der Waals surface area (Å²) in [5.74, 6) is 1.54. The molecule has 0 aliphatic carbocycles. The molecule has 0 aromatic carbocycles. The molecule has 2 N–H and O–H groups in total. The van der Waals surface area contributed by atoms with Gasteiger partial charge >= 0.3 is 0 Å². The smallest absolute Gasteiger partial charge is 0.224 e. The van der Waals surface area contributed by atoms with Crippen LogP contribution in [0.5, 0.6) is 0 Å². The summed E-state index contributed by atoms with van der Waals surface area (Å²) in [5.41, 5.74) is 0.964. The number of hydrogen-bond donors (Lipinski definition) is 2. The molecule has 0 spiro atoms. The van der Waals surface area contributed by atoms with E-state index in [0.717, 1.165) is 37.5 Å². The van der Waals surface area contributed by atoms with Crippen molar-refractivity contribution in [2.45, 2.75) is 26.2 Å². The standard InChI is InChI=1S/C12H22N4O/c1-10-9-11(16-12(13-2)15-10)14-7-5-4-6-8-17-3/h9H,4-8H2,1-3H3,(H2,13,14,15,16). The van der Waals surface area contributed by atoms with Crippen LogP contribution < -0.4 is 10.6 Å². The lowest BCUT2D eigenvalue weighted by molar-refractivity contribution is 0.192. The Balaban J connectivity index is 2.28. The first-order valence-corrected chi connectivity index (χ1v) is 6.02. The number of aryl methyl sites for hydroxylation is 1. The second-order valence-corrected chi connectivity index (χ2v) is 3.95. The minimum absolute atomic E-state index is 0.659. The van der Waals surface area contributed by atoms with Gasteiger partial charge in [-0.3, -0.25) is 0 Å². The predicted molar refractivity (Wildman–Crippen MR) is 70.5 cm³/mol. The second kappa shape index (κ2) is 7.84. The average molecular weight is 238 g/mol. The largest absolute Gasteiger partial charge is 0.385 e. The Hall–Kier alpha value is -1.36. The Morgan fingerprint density at radius 1 is 1.24 bits per heavy atom. The van der Waals surface area contributed by atoms with Crippen molar-refractivity contribution in [3.63, 3.8) is 0 Å². The molecule has 1 aromatic rings. The SMILES string of the molecule is CNc1nc(C)cc(NCCCCCOC)n1. The third kappa shape index (κ3) is 5.49. The number of methoxy groups -OCH3 is 1. The molecule has 5 heteroatoms. The quantitative estimate of drug-likeness (QED) is 0.679. The van der Waals surface area contributed by atoms with Gasteiger partial charge in [0.1, 0.15) is 5.82 Å². The molecular weight excluding hydrogens is 216 g/mol. The number of anilines is 2. The topological polar surface area (TPSA) is 59.1 Å². The lowest BCUT2D eigenvalue weighted by Crippen LogP contribution is -2.07. The molecule has 17 heavy (non-hydrogen) atoms. The van der Waals surface area contributed by atoms with Gasteiger partial charge in [-0.2, -0.15) is 4.98 Å². The number of nitrogens with one attached hydrogen (secondary N) is 2. The van der Waals surface area contributed by atoms with Gasteiger partial charge in [-0.1, -0.05) is 0 Å². The van der Waals surface area contributed by atoms with Crippen molar-refractivity contribution < 1.29 is 4.74 Å². The number of ether oxygens (including phenoxy) is 1. The summed E-state index contributed by atoms with van der Waals surface area (Å²) in [5, 5.41) is 6.25. The molecule has 0 amide bonds. The molecule has 0 radical (unpaired) electrons. The lowest BCUT2D eigenvalue weighted by Gasteiger charge is -2.08. The van der Waals surface area contributed by atoms with Gasteiger partial charge in [0.25, 0.3) is 0 Å². The molecule has 0 fully saturated rings. The lowest BCUT2D eigenvalue weighted by atomic mass is 10.2. The molecule has 0 aliphatic rings. The summed E-state index contributed by atoms with van der Waals surface area (Å²) >= 11 is 0. The normalized spacial score (nSPS) is 10.3. The van der Waals surface area contributed by atoms with E-state index >= 15 is 0 Å². The van der Waals surface area contributed by atoms with Crippen molar-refractivity contribution in [2.24, 2.45) is 0 Å². The van der Waals surface area contributed by atoms with E-state index in [2.05, 4.69) is 20.6 Å². The highest BCUT2D eigenvalue weighted by molar-refractivity contribution is 5.41. The monoisotopic (exact) mass is 238 g/mol. The van der Waals surface area contributed by atoms with Gasteiger partial charge in [0.05, 0.1) is 0 Å². The Labute approximate surface area is 103 Å². The highest BCUT2D eigenvalue weighted by Gasteiger charge is 1.99. The Bertz CT molecular complexity index is 330. The summed E-state index contributed by atoms with van der Waals surface area (Å²) < 4.78 is 5.00. The van der Waals surface area contributed by atoms with E-state index in [9.17, 15) is 0 Å². The number of unbranched alkanes of at least 4 members (excludes halogenated alkanes) is 2. The second-order valence-electron chi connectivity index (χ2n) is 3.95. The third-order valence-corrected chi connectivity index (χ3v) is 2.41. The van der Waals surface area contributed by atoms with E-state index in [1.54, 1.807) is 7.11 Å². The maximum absolute atomic E-state index is 5.00. The molecule has 0 bridgehead atoms. The molecule has 1 heterocycles. The Morgan fingerprint density at radius 2 is 2.06 bits per heavy atom. The van der Waals surface area contributed by atoms with E-state index in [4.69, 9.17) is 4.74 Å². The molecule has 0 atom stereocenters. The van der Waals surface area contributed by atoms with Crippen LogP contribution in [0.3, 0.4) is 0 Å². The molecular formula is C12H22N4O. The van der Waals surface area contributed by atoms with Crippen LogP contribution >= 0.6 is 0 Å². The first-order valence-electron chi connectivity index (χ1n) is 6.02. The number of aromatic nitrogens is 2. The zero-order valence-corrected chi connectivity index (χ0v) is 10.9. The van der Waals surface area contributed by atoms with E-state index in [1.165, 1.54) is 6.42 Å². The maximum atomic E-state index is 5.00. The average Bonchev–Trinajstić information content (AvgIpc) is 2.33. The van der Waals surface area contributed by atoms with E-state index < -0.39 is 0 Å². The number of nitrogens with zero attached hydrogens (tertiary/aromatic N) is 2. The van der Waals surface area contributed by atoms with Crippen molar-refractivity contribution in [3.8, 4) is 0 Å². The highest BCUT2D eigenvalue weighted by Crippen LogP contribution is 2.09. The molecule has 0 unspecified atom stereocenters. The van der Waals surface area contributed by atoms with Gasteiger partial charge in [-0.05, 0) is 26.2 Å². The van der Waals surface area contributed by atoms with Gasteiger partial charge in [-0.15, -0.1) is 0 Å². The fourth-order valence-corrected chi connectivity index (χ4v) is 1.54. The van der Waals surface area contributed by atoms with Crippen molar-refractivity contribution >= 4 is 11.8 Å². The maximum Gasteiger partial charge on any atom is 0.224 e. The molecule has 0 aliphatic heterocycles. The fourth-order valence-electron chi connectivity index (χ4n) is 1.54. The number of hydrogen-bond acceptors (Lipinski definition) is 5. The fraction of sp³-hybridized carbons (Fsp3) is 0.667. The van der Waals surface area contributed by atoms with Crippen molar-refractivity contribution in [1.29, 1.82) is 0 Å². The van der Waals surface area contributed by atoms with Crippen LogP contribution in [0, 0.1) is 6.92 Å². The summed E-state index contributed by atoms with van der Waals surface area (Å²) in [6.07, 6.45) is 3.41. The summed E-state index contributed by atoms with van der Waals surface area (Å²) in [6.45, 7) is 3.74. The van der Waals surface area contributed by atoms with Crippen LogP contribution in [0.4, 0.5) is 11.8 Å². The molecule has 1 aromatic heterocycles. The van der Waals surface area contributed by atoms with E-state index in [0.29, 0.717) is 5.95 Å². The van der Waals surface area contributed by atoms with Crippen LogP contribution in [0.2, 0.25) is 0 Å². The third-order valence-electron chi connectivity index (χ3n) is 2.41. The molecule has 5 nitrogen and oxygen atoms in total. The van der Waals surface area contributed by atoms with Gasteiger partial charge in [0, 0.05) is 39.1 Å². The molecule has 0 saturated heterocycles. The van der Waals surface area contributed by atoms with Crippen molar-refractivity contribution in [3.05, 3.63) is 11.8 Å². The summed E-state index contributed by atoms with van der Waals surface area (Å²) in [6, 6.07) is 1.95. The number of rotatable bonds is 8. The Morgan fingerprint density at radius 3 is 2.76 bits per heavy atom. The summed E-state index contributed by atoms with van der Waals surface area (Å²) in [4.78, 5) is 8.57. The van der Waals surface area contributed by atoms with Crippen molar-refractivity contribution in [1.82, 2.24) is 9.97 Å². The van der Waals surface area contributed by atoms with Crippen LogP contribution in [0.1, 0.15) is 25.0 Å². The zero-order valence-electron chi connectivity index (χ0n) is 10.9. The van der Waals surface area contributed by atoms with Gasteiger partial charge in [0.2, 0.25) is 5.95 Å². The predicted octanol–water partition coefficient (Wildman–Crippen LogP) is 2.06. The summed E-state index contributed by atoms with van der Waals surface area (Å²) in [7, 11) is 3.56. The van der Waals surface area contributed by atoms with Gasteiger partial charge in [-0.25, -0.2) is 4.98 Å². The van der Waals surface area contributed by atoms with Crippen LogP contribution in [0.25, 0.3) is 0 Å². The molecule has 96 valence electrons. The highest BCUT2D eigenvalue weighted by atomic mass is 16.5. The Kier molecular flexibility index (Phi) is 6.32. The minimum atomic E-state index is 0.659. The van der Waals surface area contributed by atoms with Gasteiger partial charge < -0.3 is 15.4 Å². The van der Waals surface area contributed by atoms with Crippen LogP contribution in [-0.2, 0) is 4.74 Å². The first kappa shape index (κ1) is 13.7. The van der Waals surface area contributed by atoms with Crippen LogP contribution in [0.15, 0.2) is 6.07 Å². The molecule has 0 saturated carbocycles. The van der Waals surface area contributed by atoms with E-state index in [1.807, 2.05) is 20.0 Å². The zero-order chi connectivity index (χ0) is 12.5.